The van der Waals surface area contributed by atoms with E-state index in [1.165, 1.54) is 0 Å². The zero-order valence-electron chi connectivity index (χ0n) is 11.2. The summed E-state index contributed by atoms with van der Waals surface area (Å²) in [6.07, 6.45) is 2.94. The van der Waals surface area contributed by atoms with Crippen LogP contribution in [-0.2, 0) is 21.2 Å². The molecular weight excluding hydrogens is 278 g/mol. The second-order valence-corrected chi connectivity index (χ2v) is 7.12. The van der Waals surface area contributed by atoms with E-state index in [-0.39, 0.29) is 12.2 Å². The second kappa shape index (κ2) is 6.37. The molecule has 1 aliphatic rings. The van der Waals surface area contributed by atoms with Crippen LogP contribution in [0, 0.1) is 5.92 Å². The molecule has 0 unspecified atom stereocenters. The highest BCUT2D eigenvalue weighted by Gasteiger charge is 2.27. The Morgan fingerprint density at radius 2 is 1.95 bits per heavy atom. The van der Waals surface area contributed by atoms with Gasteiger partial charge in [-0.25, -0.2) is 13.1 Å². The highest BCUT2D eigenvalue weighted by atomic mass is 32.2. The summed E-state index contributed by atoms with van der Waals surface area (Å²) in [5.41, 5.74) is 0.796. The van der Waals surface area contributed by atoms with Crippen LogP contribution in [-0.4, -0.2) is 31.3 Å². The first-order chi connectivity index (χ1) is 9.46. The molecule has 1 aromatic carbocycles. The molecule has 0 amide bonds. The SMILES string of the molecule is O=C(O)[C@H](Cc1ccccc1)NS(=O)(=O)CCC1CC1. The molecule has 2 N–H and O–H groups in total. The molecule has 0 aliphatic heterocycles. The molecule has 0 radical (unpaired) electrons. The summed E-state index contributed by atoms with van der Waals surface area (Å²) < 4.78 is 26.1. The molecule has 0 saturated heterocycles. The molecular formula is C14H19NO4S. The van der Waals surface area contributed by atoms with Crippen molar-refractivity contribution in [3.05, 3.63) is 35.9 Å². The number of hydrogen-bond acceptors (Lipinski definition) is 3. The Morgan fingerprint density at radius 1 is 1.30 bits per heavy atom. The minimum atomic E-state index is -3.53. The van der Waals surface area contributed by atoms with Gasteiger partial charge in [-0.15, -0.1) is 0 Å². The third-order valence-electron chi connectivity index (χ3n) is 3.39. The Morgan fingerprint density at radius 3 is 2.50 bits per heavy atom. The lowest BCUT2D eigenvalue weighted by molar-refractivity contribution is -0.138. The second-order valence-electron chi connectivity index (χ2n) is 5.25. The number of nitrogens with one attached hydrogen (secondary N) is 1. The van der Waals surface area contributed by atoms with Gasteiger partial charge in [0.1, 0.15) is 6.04 Å². The summed E-state index contributed by atoms with van der Waals surface area (Å²) in [6, 6.07) is 7.90. The van der Waals surface area contributed by atoms with Gasteiger partial charge in [0, 0.05) is 0 Å². The quantitative estimate of drug-likeness (QED) is 0.760. The van der Waals surface area contributed by atoms with E-state index in [0.29, 0.717) is 12.3 Å². The molecule has 1 aliphatic carbocycles. The molecule has 0 bridgehead atoms. The Kier molecular flexibility index (Phi) is 4.77. The molecule has 6 heteroatoms. The van der Waals surface area contributed by atoms with Crippen LogP contribution in [0.25, 0.3) is 0 Å². The summed E-state index contributed by atoms with van der Waals surface area (Å²) in [5.74, 6) is -0.635. The van der Waals surface area contributed by atoms with E-state index in [1.54, 1.807) is 24.3 Å². The van der Waals surface area contributed by atoms with Crippen LogP contribution < -0.4 is 4.72 Å². The molecule has 0 heterocycles. The Labute approximate surface area is 119 Å². The number of sulfonamides is 1. The fourth-order valence-electron chi connectivity index (χ4n) is 2.03. The van der Waals surface area contributed by atoms with E-state index in [9.17, 15) is 13.2 Å². The third kappa shape index (κ3) is 4.94. The van der Waals surface area contributed by atoms with E-state index >= 15 is 0 Å². The molecule has 1 saturated carbocycles. The Balaban J connectivity index is 1.95. The van der Waals surface area contributed by atoms with E-state index in [1.807, 2.05) is 6.07 Å². The average molecular weight is 297 g/mol. The van der Waals surface area contributed by atoms with Gasteiger partial charge in [-0.05, 0) is 24.3 Å². The lowest BCUT2D eigenvalue weighted by Gasteiger charge is -2.14. The Bertz CT molecular complexity index is 552. The van der Waals surface area contributed by atoms with Crippen LogP contribution in [0.15, 0.2) is 30.3 Å². The van der Waals surface area contributed by atoms with Crippen molar-refractivity contribution in [1.82, 2.24) is 4.72 Å². The van der Waals surface area contributed by atoms with Crippen LogP contribution in [0.2, 0.25) is 0 Å². The van der Waals surface area contributed by atoms with Crippen LogP contribution in [0.5, 0.6) is 0 Å². The molecule has 1 fully saturated rings. The average Bonchev–Trinajstić information content (AvgIpc) is 3.21. The van der Waals surface area contributed by atoms with Crippen LogP contribution >= 0.6 is 0 Å². The van der Waals surface area contributed by atoms with Gasteiger partial charge in [-0.2, -0.15) is 0 Å². The van der Waals surface area contributed by atoms with Crippen molar-refractivity contribution >= 4 is 16.0 Å². The standard InChI is InChI=1S/C14H19NO4S/c16-14(17)13(10-12-4-2-1-3-5-12)15-20(18,19)9-8-11-6-7-11/h1-5,11,13,15H,6-10H2,(H,16,17)/t13-/m0/s1. The van der Waals surface area contributed by atoms with Crippen molar-refractivity contribution in [2.75, 3.05) is 5.75 Å². The minimum absolute atomic E-state index is 0.0102. The first kappa shape index (κ1) is 15.0. The predicted octanol–water partition coefficient (Wildman–Crippen LogP) is 1.40. The lowest BCUT2D eigenvalue weighted by Crippen LogP contribution is -2.43. The third-order valence-corrected chi connectivity index (χ3v) is 4.81. The molecule has 0 aromatic heterocycles. The smallest absolute Gasteiger partial charge is 0.322 e. The van der Waals surface area contributed by atoms with Gasteiger partial charge in [0.15, 0.2) is 0 Å². The summed E-state index contributed by atoms with van der Waals surface area (Å²) >= 11 is 0. The van der Waals surface area contributed by atoms with Crippen LogP contribution in [0.3, 0.4) is 0 Å². The molecule has 110 valence electrons. The zero-order chi connectivity index (χ0) is 14.6. The van der Waals surface area contributed by atoms with Crippen molar-refractivity contribution in [2.45, 2.75) is 31.7 Å². The van der Waals surface area contributed by atoms with E-state index in [2.05, 4.69) is 4.72 Å². The number of carboxylic acid groups (broad SMARTS) is 1. The van der Waals surface area contributed by atoms with Gasteiger partial charge < -0.3 is 5.11 Å². The van der Waals surface area contributed by atoms with Gasteiger partial charge in [-0.3, -0.25) is 4.79 Å². The molecule has 5 nitrogen and oxygen atoms in total. The van der Waals surface area contributed by atoms with Crippen molar-refractivity contribution in [2.24, 2.45) is 5.92 Å². The van der Waals surface area contributed by atoms with Gasteiger partial charge in [0.25, 0.3) is 0 Å². The fraction of sp³-hybridized carbons (Fsp3) is 0.500. The summed E-state index contributed by atoms with van der Waals surface area (Å²) in [7, 11) is -3.53. The normalized spacial score (nSPS) is 16.8. The number of hydrogen-bond donors (Lipinski definition) is 2. The van der Waals surface area contributed by atoms with Crippen molar-refractivity contribution in [3.63, 3.8) is 0 Å². The lowest BCUT2D eigenvalue weighted by atomic mass is 10.1. The maximum Gasteiger partial charge on any atom is 0.322 e. The first-order valence-electron chi connectivity index (χ1n) is 6.73. The largest absolute Gasteiger partial charge is 0.480 e. The van der Waals surface area contributed by atoms with E-state index in [0.717, 1.165) is 18.4 Å². The van der Waals surface area contributed by atoms with Gasteiger partial charge >= 0.3 is 5.97 Å². The summed E-state index contributed by atoms with van der Waals surface area (Å²) in [5, 5.41) is 9.16. The number of aliphatic carboxylic acids is 1. The summed E-state index contributed by atoms with van der Waals surface area (Å²) in [6.45, 7) is 0. The first-order valence-corrected chi connectivity index (χ1v) is 8.38. The maximum atomic E-state index is 11.9. The zero-order valence-corrected chi connectivity index (χ0v) is 12.0. The van der Waals surface area contributed by atoms with Gasteiger partial charge in [0.2, 0.25) is 10.0 Å². The fourth-order valence-corrected chi connectivity index (χ4v) is 3.41. The van der Waals surface area contributed by atoms with E-state index in [4.69, 9.17) is 5.11 Å². The highest BCUT2D eigenvalue weighted by Crippen LogP contribution is 2.32. The molecule has 0 spiro atoms. The monoisotopic (exact) mass is 297 g/mol. The van der Waals surface area contributed by atoms with Crippen LogP contribution in [0.1, 0.15) is 24.8 Å². The number of rotatable bonds is 8. The number of carbonyl (C=O) groups is 1. The van der Waals surface area contributed by atoms with Crippen molar-refractivity contribution in [1.29, 1.82) is 0 Å². The Hall–Kier alpha value is -1.40. The topological polar surface area (TPSA) is 83.5 Å². The van der Waals surface area contributed by atoms with Gasteiger partial charge in [0.05, 0.1) is 5.75 Å². The van der Waals surface area contributed by atoms with E-state index < -0.39 is 22.0 Å². The minimum Gasteiger partial charge on any atom is -0.480 e. The number of carboxylic acids is 1. The highest BCUT2D eigenvalue weighted by molar-refractivity contribution is 7.89. The summed E-state index contributed by atoms with van der Waals surface area (Å²) in [4.78, 5) is 11.2. The molecule has 1 aromatic rings. The molecule has 20 heavy (non-hydrogen) atoms. The maximum absolute atomic E-state index is 11.9. The molecule has 2 rings (SSSR count). The van der Waals surface area contributed by atoms with Crippen molar-refractivity contribution in [3.8, 4) is 0 Å². The van der Waals surface area contributed by atoms with Crippen molar-refractivity contribution < 1.29 is 18.3 Å². The molecule has 1 atom stereocenters. The predicted molar refractivity (Wildman–Crippen MR) is 75.8 cm³/mol. The number of benzene rings is 1. The van der Waals surface area contributed by atoms with Crippen LogP contribution in [0.4, 0.5) is 0 Å². The van der Waals surface area contributed by atoms with Gasteiger partial charge in [-0.1, -0.05) is 43.2 Å².